The maximum absolute atomic E-state index is 11.7. The van der Waals surface area contributed by atoms with Crippen molar-refractivity contribution in [3.8, 4) is 0 Å². The lowest BCUT2D eigenvalue weighted by atomic mass is 10.2. The van der Waals surface area contributed by atoms with Gasteiger partial charge in [0, 0.05) is 12.7 Å². The van der Waals surface area contributed by atoms with Gasteiger partial charge < -0.3 is 15.4 Å². The van der Waals surface area contributed by atoms with Crippen LogP contribution in [0.15, 0.2) is 49.2 Å². The largest absolute Gasteiger partial charge is 0.465 e. The average molecular weight is 284 g/mol. The van der Waals surface area contributed by atoms with Crippen molar-refractivity contribution in [2.24, 2.45) is 0 Å². The molecular formula is C15H16N4O2. The first-order valence-corrected chi connectivity index (χ1v) is 6.36. The van der Waals surface area contributed by atoms with E-state index in [0.29, 0.717) is 29.6 Å². The lowest BCUT2D eigenvalue weighted by molar-refractivity contribution is 0.0602. The van der Waals surface area contributed by atoms with E-state index in [-0.39, 0.29) is 0 Å². The van der Waals surface area contributed by atoms with Crippen LogP contribution in [0.5, 0.6) is 0 Å². The number of methoxy groups -OCH3 is 1. The summed E-state index contributed by atoms with van der Waals surface area (Å²) in [7, 11) is 1.34. The molecule has 21 heavy (non-hydrogen) atoms. The van der Waals surface area contributed by atoms with Gasteiger partial charge in [-0.2, -0.15) is 4.98 Å². The van der Waals surface area contributed by atoms with Crippen LogP contribution in [0.4, 0.5) is 17.5 Å². The van der Waals surface area contributed by atoms with Crippen LogP contribution in [-0.4, -0.2) is 29.6 Å². The van der Waals surface area contributed by atoms with Gasteiger partial charge in [-0.1, -0.05) is 18.2 Å². The minimum atomic E-state index is -0.418. The van der Waals surface area contributed by atoms with Gasteiger partial charge in [0.1, 0.15) is 5.82 Å². The fourth-order valence-corrected chi connectivity index (χ4v) is 1.69. The van der Waals surface area contributed by atoms with Crippen molar-refractivity contribution in [2.45, 2.75) is 0 Å². The fraction of sp³-hybridized carbons (Fsp3) is 0.133. The molecule has 6 nitrogen and oxygen atoms in total. The number of rotatable bonds is 6. The second-order valence-corrected chi connectivity index (χ2v) is 4.10. The zero-order chi connectivity index (χ0) is 15.1. The third-order valence-electron chi connectivity index (χ3n) is 2.66. The number of nitrogens with zero attached hydrogens (tertiary/aromatic N) is 2. The molecule has 0 atom stereocenters. The summed E-state index contributed by atoms with van der Waals surface area (Å²) in [6.07, 6.45) is 3.36. The van der Waals surface area contributed by atoms with Crippen molar-refractivity contribution in [3.05, 3.63) is 54.7 Å². The van der Waals surface area contributed by atoms with Crippen LogP contribution in [0.2, 0.25) is 0 Å². The van der Waals surface area contributed by atoms with E-state index in [1.807, 2.05) is 6.07 Å². The van der Waals surface area contributed by atoms with Crippen molar-refractivity contribution in [3.63, 3.8) is 0 Å². The monoisotopic (exact) mass is 284 g/mol. The lowest BCUT2D eigenvalue weighted by Crippen LogP contribution is -2.08. The fourth-order valence-electron chi connectivity index (χ4n) is 1.69. The van der Waals surface area contributed by atoms with Crippen LogP contribution in [0, 0.1) is 0 Å². The highest BCUT2D eigenvalue weighted by molar-refractivity contribution is 5.96. The normalized spacial score (nSPS) is 9.76. The third kappa shape index (κ3) is 3.79. The van der Waals surface area contributed by atoms with Crippen molar-refractivity contribution in [1.29, 1.82) is 0 Å². The highest BCUT2D eigenvalue weighted by Gasteiger charge is 2.11. The number of anilines is 3. The van der Waals surface area contributed by atoms with E-state index >= 15 is 0 Å². The minimum absolute atomic E-state index is 0.389. The first-order valence-electron chi connectivity index (χ1n) is 6.36. The predicted molar refractivity (Wildman–Crippen MR) is 81.8 cm³/mol. The zero-order valence-electron chi connectivity index (χ0n) is 11.7. The standard InChI is InChI=1S/C15H16N4O2/c1-3-9-16-13-8-10-17-15(19-13)18-12-7-5-4-6-11(12)14(20)21-2/h3-8,10H,1,9H2,2H3,(H2,16,17,18,19). The van der Waals surface area contributed by atoms with Crippen LogP contribution in [0.25, 0.3) is 0 Å². The second kappa shape index (κ2) is 7.04. The number of hydrogen-bond donors (Lipinski definition) is 2. The number of hydrogen-bond acceptors (Lipinski definition) is 6. The first-order chi connectivity index (χ1) is 10.2. The number of benzene rings is 1. The molecule has 0 aliphatic carbocycles. The highest BCUT2D eigenvalue weighted by Crippen LogP contribution is 2.19. The molecule has 2 N–H and O–H groups in total. The van der Waals surface area contributed by atoms with Crippen molar-refractivity contribution in [1.82, 2.24) is 9.97 Å². The summed E-state index contributed by atoms with van der Waals surface area (Å²) in [5.74, 6) is 0.641. The number of para-hydroxylation sites is 1. The Morgan fingerprint density at radius 3 is 2.95 bits per heavy atom. The average Bonchev–Trinajstić information content (AvgIpc) is 2.53. The van der Waals surface area contributed by atoms with Gasteiger partial charge in [-0.05, 0) is 18.2 Å². The van der Waals surface area contributed by atoms with Crippen LogP contribution >= 0.6 is 0 Å². The van der Waals surface area contributed by atoms with Gasteiger partial charge in [0.05, 0.1) is 18.4 Å². The SMILES string of the molecule is C=CCNc1ccnc(Nc2ccccc2C(=O)OC)n1. The summed E-state index contributed by atoms with van der Waals surface area (Å²) in [6.45, 7) is 4.24. The molecule has 0 saturated carbocycles. The quantitative estimate of drug-likeness (QED) is 0.627. The highest BCUT2D eigenvalue weighted by atomic mass is 16.5. The third-order valence-corrected chi connectivity index (χ3v) is 2.66. The number of carbonyl (C=O) groups is 1. The maximum atomic E-state index is 11.7. The molecule has 6 heteroatoms. The van der Waals surface area contributed by atoms with Crippen LogP contribution in [-0.2, 0) is 4.74 Å². The minimum Gasteiger partial charge on any atom is -0.465 e. The smallest absolute Gasteiger partial charge is 0.339 e. The Morgan fingerprint density at radius 2 is 2.19 bits per heavy atom. The van der Waals surface area contributed by atoms with Gasteiger partial charge in [-0.3, -0.25) is 0 Å². The number of aromatic nitrogens is 2. The molecule has 0 unspecified atom stereocenters. The molecule has 0 saturated heterocycles. The Morgan fingerprint density at radius 1 is 1.38 bits per heavy atom. The number of esters is 1. The summed E-state index contributed by atoms with van der Waals surface area (Å²) < 4.78 is 4.75. The molecule has 0 aliphatic rings. The van der Waals surface area contributed by atoms with Crippen LogP contribution in [0.1, 0.15) is 10.4 Å². The van der Waals surface area contributed by atoms with E-state index in [1.54, 1.807) is 36.5 Å². The Kier molecular flexibility index (Phi) is 4.87. The molecule has 0 radical (unpaired) electrons. The Hall–Kier alpha value is -2.89. The molecule has 0 fully saturated rings. The van der Waals surface area contributed by atoms with Crippen molar-refractivity contribution < 1.29 is 9.53 Å². The molecule has 0 bridgehead atoms. The Bertz CT molecular complexity index is 643. The van der Waals surface area contributed by atoms with E-state index < -0.39 is 5.97 Å². The molecule has 0 amide bonds. The maximum Gasteiger partial charge on any atom is 0.339 e. The Labute approximate surface area is 122 Å². The summed E-state index contributed by atoms with van der Waals surface area (Å²) in [6, 6.07) is 8.77. The van der Waals surface area contributed by atoms with Crippen LogP contribution in [0.3, 0.4) is 0 Å². The van der Waals surface area contributed by atoms with E-state index in [2.05, 4.69) is 27.2 Å². The molecule has 0 spiro atoms. The van der Waals surface area contributed by atoms with E-state index in [4.69, 9.17) is 4.74 Å². The molecule has 0 aliphatic heterocycles. The van der Waals surface area contributed by atoms with E-state index in [1.165, 1.54) is 7.11 Å². The first kappa shape index (κ1) is 14.5. The molecule has 2 aromatic rings. The van der Waals surface area contributed by atoms with Gasteiger partial charge in [-0.25, -0.2) is 9.78 Å². The number of carbonyl (C=O) groups excluding carboxylic acids is 1. The van der Waals surface area contributed by atoms with Crippen LogP contribution < -0.4 is 10.6 Å². The van der Waals surface area contributed by atoms with Gasteiger partial charge in [-0.15, -0.1) is 6.58 Å². The molecule has 1 heterocycles. The van der Waals surface area contributed by atoms with Gasteiger partial charge >= 0.3 is 5.97 Å². The summed E-state index contributed by atoms with van der Waals surface area (Å²) >= 11 is 0. The molecule has 2 rings (SSSR count). The molecular weight excluding hydrogens is 268 g/mol. The number of ether oxygens (including phenoxy) is 1. The zero-order valence-corrected chi connectivity index (χ0v) is 11.7. The second-order valence-electron chi connectivity index (χ2n) is 4.10. The topological polar surface area (TPSA) is 76.1 Å². The van der Waals surface area contributed by atoms with Gasteiger partial charge in [0.2, 0.25) is 5.95 Å². The number of nitrogens with one attached hydrogen (secondary N) is 2. The molecule has 1 aromatic carbocycles. The summed E-state index contributed by atoms with van der Waals surface area (Å²) in [4.78, 5) is 20.1. The van der Waals surface area contributed by atoms with Crippen molar-refractivity contribution in [2.75, 3.05) is 24.3 Å². The molecule has 1 aromatic heterocycles. The summed E-state index contributed by atoms with van der Waals surface area (Å²) in [5.41, 5.74) is 1.01. The summed E-state index contributed by atoms with van der Waals surface area (Å²) in [5, 5.41) is 6.08. The van der Waals surface area contributed by atoms with E-state index in [0.717, 1.165) is 0 Å². The van der Waals surface area contributed by atoms with Crippen molar-refractivity contribution >= 4 is 23.4 Å². The predicted octanol–water partition coefficient (Wildman–Crippen LogP) is 2.60. The molecule has 108 valence electrons. The van der Waals surface area contributed by atoms with Gasteiger partial charge in [0.15, 0.2) is 0 Å². The van der Waals surface area contributed by atoms with E-state index in [9.17, 15) is 4.79 Å². The lowest BCUT2D eigenvalue weighted by Gasteiger charge is -2.10. The van der Waals surface area contributed by atoms with Gasteiger partial charge in [0.25, 0.3) is 0 Å². The Balaban J connectivity index is 2.22.